The van der Waals surface area contributed by atoms with Crippen molar-refractivity contribution in [3.05, 3.63) is 29.3 Å². The Kier molecular flexibility index (Phi) is 4.14. The van der Waals surface area contributed by atoms with E-state index in [4.69, 9.17) is 5.84 Å². The maximum Gasteiger partial charge on any atom is 0.253 e. The highest BCUT2D eigenvalue weighted by Crippen LogP contribution is 2.21. The summed E-state index contributed by atoms with van der Waals surface area (Å²) in [6, 6.07) is 5.57. The Bertz CT molecular complexity index is 450. The fourth-order valence-electron chi connectivity index (χ4n) is 2.14. The van der Waals surface area contributed by atoms with Crippen molar-refractivity contribution in [2.24, 2.45) is 5.84 Å². The Morgan fingerprint density at radius 3 is 2.94 bits per heavy atom. The molecule has 5 heteroatoms. The molecule has 1 aliphatic rings. The van der Waals surface area contributed by atoms with Crippen LogP contribution in [0.25, 0.3) is 0 Å². The van der Waals surface area contributed by atoms with E-state index in [0.29, 0.717) is 5.25 Å². The van der Waals surface area contributed by atoms with Crippen LogP contribution >= 0.6 is 11.8 Å². The third-order valence-electron chi connectivity index (χ3n) is 3.16. The fraction of sp³-hybridized carbons (Fsp3) is 0.462. The van der Waals surface area contributed by atoms with Crippen LogP contribution in [0.3, 0.4) is 0 Å². The van der Waals surface area contributed by atoms with Crippen LogP contribution in [0.5, 0.6) is 0 Å². The first-order valence-corrected chi connectivity index (χ1v) is 7.15. The van der Waals surface area contributed by atoms with Crippen molar-refractivity contribution in [2.75, 3.05) is 24.3 Å². The minimum Gasteiger partial charge on any atom is -0.337 e. The number of nitrogens with two attached hydrogens (primary N) is 1. The van der Waals surface area contributed by atoms with Crippen LogP contribution in [0.1, 0.15) is 22.8 Å². The van der Waals surface area contributed by atoms with Gasteiger partial charge in [-0.15, -0.1) is 0 Å². The third kappa shape index (κ3) is 2.79. The number of carbonyl (C=O) groups excluding carboxylic acids is 1. The van der Waals surface area contributed by atoms with Gasteiger partial charge in [-0.2, -0.15) is 11.8 Å². The number of nitrogen functional groups attached to an aromatic ring is 1. The van der Waals surface area contributed by atoms with E-state index in [1.807, 2.05) is 41.8 Å². The van der Waals surface area contributed by atoms with Gasteiger partial charge < -0.3 is 10.3 Å². The highest BCUT2D eigenvalue weighted by Gasteiger charge is 2.22. The lowest BCUT2D eigenvalue weighted by molar-refractivity contribution is 0.0763. The summed E-state index contributed by atoms with van der Waals surface area (Å²) in [5.74, 6) is 6.53. The molecule has 0 aliphatic carbocycles. The first kappa shape index (κ1) is 13.2. The van der Waals surface area contributed by atoms with Crippen LogP contribution in [-0.4, -0.2) is 34.9 Å². The molecule has 3 N–H and O–H groups in total. The second kappa shape index (κ2) is 5.63. The standard InChI is InChI=1S/C13H19N3OS/c1-9-7-11(3-4-12(9)15-14)13(17)16-5-6-18-10(2)8-16/h3-4,7,10,15H,5-6,8,14H2,1-2H3. The minimum atomic E-state index is 0.119. The fourth-order valence-corrected chi connectivity index (χ4v) is 3.16. The van der Waals surface area contributed by atoms with E-state index in [1.54, 1.807) is 0 Å². The van der Waals surface area contributed by atoms with Gasteiger partial charge >= 0.3 is 0 Å². The van der Waals surface area contributed by atoms with E-state index in [2.05, 4.69) is 12.3 Å². The molecule has 1 aromatic carbocycles. The Morgan fingerprint density at radius 2 is 2.33 bits per heavy atom. The van der Waals surface area contributed by atoms with Crippen molar-refractivity contribution in [1.29, 1.82) is 0 Å². The number of hydrazine groups is 1. The van der Waals surface area contributed by atoms with Crippen molar-refractivity contribution >= 4 is 23.4 Å². The van der Waals surface area contributed by atoms with E-state index < -0.39 is 0 Å². The van der Waals surface area contributed by atoms with Gasteiger partial charge in [0.2, 0.25) is 0 Å². The molecule has 0 bridgehead atoms. The molecule has 98 valence electrons. The average Bonchev–Trinajstić information content (AvgIpc) is 2.37. The highest BCUT2D eigenvalue weighted by atomic mass is 32.2. The minimum absolute atomic E-state index is 0.119. The predicted octanol–water partition coefficient (Wildman–Crippen LogP) is 1.86. The molecule has 0 aromatic heterocycles. The number of nitrogens with zero attached hydrogens (tertiary/aromatic N) is 1. The average molecular weight is 265 g/mol. The summed E-state index contributed by atoms with van der Waals surface area (Å²) in [5.41, 5.74) is 5.21. The van der Waals surface area contributed by atoms with Crippen LogP contribution in [0.2, 0.25) is 0 Å². The second-order valence-corrected chi connectivity index (χ2v) is 6.15. The molecule has 0 spiro atoms. The normalized spacial score (nSPS) is 19.7. The number of thioether (sulfide) groups is 1. The Morgan fingerprint density at radius 1 is 1.56 bits per heavy atom. The number of hydrogen-bond donors (Lipinski definition) is 2. The third-order valence-corrected chi connectivity index (χ3v) is 4.29. The SMILES string of the molecule is Cc1cc(C(=O)N2CCSC(C)C2)ccc1NN. The molecular formula is C13H19N3OS. The molecule has 4 nitrogen and oxygen atoms in total. The van der Waals surface area contributed by atoms with E-state index in [9.17, 15) is 4.79 Å². The largest absolute Gasteiger partial charge is 0.337 e. The van der Waals surface area contributed by atoms with Gasteiger partial charge in [-0.3, -0.25) is 10.6 Å². The van der Waals surface area contributed by atoms with E-state index in [1.165, 1.54) is 0 Å². The molecule has 0 radical (unpaired) electrons. The quantitative estimate of drug-likeness (QED) is 0.633. The summed E-state index contributed by atoms with van der Waals surface area (Å²) in [6.45, 7) is 5.78. The van der Waals surface area contributed by atoms with Crippen molar-refractivity contribution in [1.82, 2.24) is 4.90 Å². The molecule has 1 amide bonds. The Balaban J connectivity index is 2.15. The maximum absolute atomic E-state index is 12.4. The first-order chi connectivity index (χ1) is 8.61. The number of nitrogens with one attached hydrogen (secondary N) is 1. The Labute approximate surface area is 112 Å². The molecule has 1 aromatic rings. The molecule has 1 heterocycles. The number of hydrogen-bond acceptors (Lipinski definition) is 4. The van der Waals surface area contributed by atoms with Gasteiger partial charge in [-0.05, 0) is 30.7 Å². The zero-order valence-corrected chi connectivity index (χ0v) is 11.6. The lowest BCUT2D eigenvalue weighted by Crippen LogP contribution is -2.41. The molecule has 2 rings (SSSR count). The zero-order valence-electron chi connectivity index (χ0n) is 10.8. The highest BCUT2D eigenvalue weighted by molar-refractivity contribution is 7.99. The van der Waals surface area contributed by atoms with E-state index in [-0.39, 0.29) is 5.91 Å². The lowest BCUT2D eigenvalue weighted by atomic mass is 10.1. The van der Waals surface area contributed by atoms with E-state index in [0.717, 1.165) is 35.7 Å². The molecule has 1 unspecified atom stereocenters. The predicted molar refractivity (Wildman–Crippen MR) is 76.8 cm³/mol. The number of benzene rings is 1. The number of anilines is 1. The smallest absolute Gasteiger partial charge is 0.253 e. The van der Waals surface area contributed by atoms with Crippen molar-refractivity contribution in [3.63, 3.8) is 0 Å². The molecule has 18 heavy (non-hydrogen) atoms. The monoisotopic (exact) mass is 265 g/mol. The lowest BCUT2D eigenvalue weighted by Gasteiger charge is -2.30. The van der Waals surface area contributed by atoms with Crippen LogP contribution in [-0.2, 0) is 0 Å². The number of amides is 1. The summed E-state index contributed by atoms with van der Waals surface area (Å²) >= 11 is 1.92. The van der Waals surface area contributed by atoms with Gasteiger partial charge in [0.1, 0.15) is 0 Å². The number of rotatable bonds is 2. The number of aryl methyl sites for hydroxylation is 1. The molecular weight excluding hydrogens is 246 g/mol. The van der Waals surface area contributed by atoms with Crippen LogP contribution in [0.15, 0.2) is 18.2 Å². The van der Waals surface area contributed by atoms with Gasteiger partial charge in [0, 0.05) is 29.7 Å². The second-order valence-electron chi connectivity index (χ2n) is 4.61. The van der Waals surface area contributed by atoms with Crippen LogP contribution in [0, 0.1) is 6.92 Å². The van der Waals surface area contributed by atoms with Crippen LogP contribution in [0.4, 0.5) is 5.69 Å². The van der Waals surface area contributed by atoms with Crippen molar-refractivity contribution < 1.29 is 4.79 Å². The van der Waals surface area contributed by atoms with E-state index >= 15 is 0 Å². The van der Waals surface area contributed by atoms with Gasteiger partial charge in [0.15, 0.2) is 0 Å². The molecule has 1 aliphatic heterocycles. The molecule has 1 fully saturated rings. The summed E-state index contributed by atoms with van der Waals surface area (Å²) in [5, 5.41) is 0.522. The summed E-state index contributed by atoms with van der Waals surface area (Å²) in [6.07, 6.45) is 0. The molecule has 1 atom stereocenters. The molecule has 1 saturated heterocycles. The van der Waals surface area contributed by atoms with Gasteiger partial charge in [0.05, 0.1) is 5.69 Å². The van der Waals surface area contributed by atoms with Crippen molar-refractivity contribution in [3.8, 4) is 0 Å². The summed E-state index contributed by atoms with van der Waals surface area (Å²) < 4.78 is 0. The van der Waals surface area contributed by atoms with Crippen LogP contribution < -0.4 is 11.3 Å². The van der Waals surface area contributed by atoms with Gasteiger partial charge in [-0.25, -0.2) is 0 Å². The topological polar surface area (TPSA) is 58.4 Å². The molecule has 0 saturated carbocycles. The number of carbonyl (C=O) groups is 1. The van der Waals surface area contributed by atoms with Gasteiger partial charge in [0.25, 0.3) is 5.91 Å². The Hall–Kier alpha value is -1.20. The van der Waals surface area contributed by atoms with Gasteiger partial charge in [-0.1, -0.05) is 6.92 Å². The van der Waals surface area contributed by atoms with Crippen molar-refractivity contribution in [2.45, 2.75) is 19.1 Å². The maximum atomic E-state index is 12.4. The zero-order chi connectivity index (χ0) is 13.1. The summed E-state index contributed by atoms with van der Waals surface area (Å²) in [4.78, 5) is 14.3. The first-order valence-electron chi connectivity index (χ1n) is 6.10. The summed E-state index contributed by atoms with van der Waals surface area (Å²) in [7, 11) is 0.